The molecular weight excluding hydrogens is 596 g/mol. The number of nitrogens with one attached hydrogen (secondary N) is 2. The first-order chi connectivity index (χ1) is 21.0. The molecule has 2 amide bonds. The molecule has 228 valence electrons. The van der Waals surface area contributed by atoms with Gasteiger partial charge in [-0.3, -0.25) is 19.1 Å². The summed E-state index contributed by atoms with van der Waals surface area (Å²) in [7, 11) is -0.793. The van der Waals surface area contributed by atoms with E-state index < -0.39 is 14.4 Å². The van der Waals surface area contributed by atoms with Crippen LogP contribution in [0, 0.1) is 6.92 Å². The van der Waals surface area contributed by atoms with Crippen LogP contribution in [0.3, 0.4) is 0 Å². The monoisotopic (exact) mass is 630 g/mol. The van der Waals surface area contributed by atoms with E-state index in [2.05, 4.69) is 20.8 Å². The summed E-state index contributed by atoms with van der Waals surface area (Å²) in [6, 6.07) is 20.2. The Kier molecular flexibility index (Phi) is 9.28. The second-order valence-corrected chi connectivity index (χ2v) is 15.7. The van der Waals surface area contributed by atoms with Crippen LogP contribution in [-0.2, 0) is 10.8 Å². The summed E-state index contributed by atoms with van der Waals surface area (Å²) in [6.07, 6.45) is 0.0212. The van der Waals surface area contributed by atoms with Gasteiger partial charge in [0.05, 0.1) is 24.9 Å². The third-order valence-electron chi connectivity index (χ3n) is 7.25. The Hall–Kier alpha value is -4.32. The number of methoxy groups -OCH3 is 1. The molecule has 0 radical (unpaired) electrons. The fourth-order valence-corrected chi connectivity index (χ4v) is 6.63. The van der Waals surface area contributed by atoms with Crippen LogP contribution in [0.15, 0.2) is 71.7 Å². The predicted molar refractivity (Wildman–Crippen MR) is 172 cm³/mol. The van der Waals surface area contributed by atoms with E-state index in [1.54, 1.807) is 31.4 Å². The standard InChI is InChI=1S/C32H35ClN6O4Si/c1-20-37-38-31-27(18-29(40)34-15-16-35-32(41)25-8-6-5-7-22(25)19-44(3,4)42)36-30(21-9-11-23(33)12-10-21)26-17-24(43-2)13-14-28(26)39(20)31/h5-14,17,27,42H,15-16,18-19H2,1-4H3,(H,34,40)(H,35,41). The van der Waals surface area contributed by atoms with Crippen LogP contribution >= 0.6 is 11.6 Å². The third kappa shape index (κ3) is 7.07. The van der Waals surface area contributed by atoms with Crippen molar-refractivity contribution in [3.63, 3.8) is 0 Å². The highest BCUT2D eigenvalue weighted by Crippen LogP contribution is 2.34. The van der Waals surface area contributed by atoms with Gasteiger partial charge in [0.25, 0.3) is 5.91 Å². The van der Waals surface area contributed by atoms with E-state index in [0.717, 1.165) is 22.4 Å². The Balaban J connectivity index is 1.33. The fraction of sp³-hybridized carbons (Fsp3) is 0.281. The van der Waals surface area contributed by atoms with Gasteiger partial charge in [0.15, 0.2) is 14.1 Å². The molecule has 1 aliphatic heterocycles. The van der Waals surface area contributed by atoms with Crippen molar-refractivity contribution in [1.82, 2.24) is 25.4 Å². The van der Waals surface area contributed by atoms with Crippen LogP contribution in [0.5, 0.6) is 5.75 Å². The number of ether oxygens (including phenoxy) is 1. The highest BCUT2D eigenvalue weighted by atomic mass is 35.5. The second-order valence-electron chi connectivity index (χ2n) is 11.3. The Morgan fingerprint density at radius 3 is 2.48 bits per heavy atom. The molecule has 12 heteroatoms. The summed E-state index contributed by atoms with van der Waals surface area (Å²) in [5.74, 6) is 1.40. The Labute approximate surface area is 262 Å². The minimum atomic E-state index is -2.40. The van der Waals surface area contributed by atoms with Gasteiger partial charge in [-0.15, -0.1) is 10.2 Å². The largest absolute Gasteiger partial charge is 0.497 e. The van der Waals surface area contributed by atoms with E-state index in [-0.39, 0.29) is 31.3 Å². The number of rotatable bonds is 10. The topological polar surface area (TPSA) is 131 Å². The summed E-state index contributed by atoms with van der Waals surface area (Å²) in [6.45, 7) is 6.01. The molecule has 3 aromatic carbocycles. The molecule has 0 saturated heterocycles. The Morgan fingerprint density at radius 2 is 1.75 bits per heavy atom. The van der Waals surface area contributed by atoms with Crippen LogP contribution in [0.1, 0.15) is 51.2 Å². The molecule has 1 aliphatic rings. The molecule has 3 N–H and O–H groups in total. The van der Waals surface area contributed by atoms with Gasteiger partial charge in [0.2, 0.25) is 5.91 Å². The first kappa shape index (κ1) is 31.1. The number of carbonyl (C=O) groups excluding carboxylic acids is 2. The Bertz CT molecular complexity index is 1710. The van der Waals surface area contributed by atoms with E-state index in [1.165, 1.54) is 0 Å². The number of benzene rings is 3. The highest BCUT2D eigenvalue weighted by molar-refractivity contribution is 6.69. The van der Waals surface area contributed by atoms with Gasteiger partial charge in [-0.05, 0) is 68.0 Å². The van der Waals surface area contributed by atoms with Gasteiger partial charge in [-0.1, -0.05) is 41.9 Å². The van der Waals surface area contributed by atoms with Crippen LogP contribution in [-0.4, -0.2) is 65.6 Å². The van der Waals surface area contributed by atoms with E-state index >= 15 is 0 Å². The molecule has 1 atom stereocenters. The molecule has 44 heavy (non-hydrogen) atoms. The van der Waals surface area contributed by atoms with Crippen LogP contribution in [0.25, 0.3) is 5.69 Å². The van der Waals surface area contributed by atoms with Gasteiger partial charge in [0.1, 0.15) is 17.6 Å². The van der Waals surface area contributed by atoms with Gasteiger partial charge < -0.3 is 20.2 Å². The van der Waals surface area contributed by atoms with Crippen LogP contribution in [0.4, 0.5) is 0 Å². The van der Waals surface area contributed by atoms with Crippen molar-refractivity contribution in [2.24, 2.45) is 4.99 Å². The molecule has 1 aromatic heterocycles. The quantitative estimate of drug-likeness (QED) is 0.176. The maximum atomic E-state index is 13.2. The molecule has 2 heterocycles. The first-order valence-electron chi connectivity index (χ1n) is 14.3. The van der Waals surface area contributed by atoms with Crippen molar-refractivity contribution >= 4 is 37.4 Å². The average Bonchev–Trinajstić information content (AvgIpc) is 3.31. The van der Waals surface area contributed by atoms with Crippen LogP contribution < -0.4 is 15.4 Å². The molecular formula is C32H35ClN6O4Si. The minimum Gasteiger partial charge on any atom is -0.497 e. The van der Waals surface area contributed by atoms with Gasteiger partial charge in [0, 0.05) is 34.8 Å². The van der Waals surface area contributed by atoms with E-state index in [9.17, 15) is 14.4 Å². The molecule has 0 aliphatic carbocycles. The number of carbonyl (C=O) groups is 2. The van der Waals surface area contributed by atoms with Crippen molar-refractivity contribution in [3.05, 3.63) is 106 Å². The zero-order chi connectivity index (χ0) is 31.4. The summed E-state index contributed by atoms with van der Waals surface area (Å²) in [5, 5.41) is 15.1. The van der Waals surface area contributed by atoms with E-state index in [4.69, 9.17) is 21.3 Å². The zero-order valence-corrected chi connectivity index (χ0v) is 26.9. The third-order valence-corrected chi connectivity index (χ3v) is 8.74. The number of fused-ring (bicyclic) bond motifs is 3. The molecule has 1 unspecified atom stereocenters. The van der Waals surface area contributed by atoms with Crippen molar-refractivity contribution in [3.8, 4) is 11.4 Å². The lowest BCUT2D eigenvalue weighted by Crippen LogP contribution is -2.36. The molecule has 10 nitrogen and oxygen atoms in total. The van der Waals surface area contributed by atoms with Crippen molar-refractivity contribution in [1.29, 1.82) is 0 Å². The lowest BCUT2D eigenvalue weighted by atomic mass is 10.00. The maximum absolute atomic E-state index is 13.2. The molecule has 0 saturated carbocycles. The zero-order valence-electron chi connectivity index (χ0n) is 25.1. The number of amides is 2. The smallest absolute Gasteiger partial charge is 0.251 e. The lowest BCUT2D eigenvalue weighted by molar-refractivity contribution is -0.121. The van der Waals surface area contributed by atoms with Crippen molar-refractivity contribution < 1.29 is 19.1 Å². The summed E-state index contributed by atoms with van der Waals surface area (Å²) in [4.78, 5) is 41.5. The summed E-state index contributed by atoms with van der Waals surface area (Å²) in [5.41, 5.74) is 4.50. The van der Waals surface area contributed by atoms with Crippen LogP contribution in [0.2, 0.25) is 18.1 Å². The SMILES string of the molecule is COc1ccc2c(c1)C(c1ccc(Cl)cc1)=NC(CC(=O)NCCNC(=O)c1ccccc1C[Si](C)(C)O)c1nnc(C)n1-2. The summed E-state index contributed by atoms with van der Waals surface area (Å²) < 4.78 is 7.45. The lowest BCUT2D eigenvalue weighted by Gasteiger charge is -2.17. The first-order valence-corrected chi connectivity index (χ1v) is 17.9. The molecule has 0 spiro atoms. The number of halogens is 1. The van der Waals surface area contributed by atoms with Crippen molar-refractivity contribution in [2.45, 2.75) is 38.5 Å². The molecule has 5 rings (SSSR count). The van der Waals surface area contributed by atoms with Gasteiger partial charge in [-0.25, -0.2) is 0 Å². The second kappa shape index (κ2) is 13.1. The highest BCUT2D eigenvalue weighted by Gasteiger charge is 2.30. The van der Waals surface area contributed by atoms with Gasteiger partial charge in [-0.2, -0.15) is 0 Å². The number of aliphatic imine (C=N–C) groups is 1. The number of hydrogen-bond acceptors (Lipinski definition) is 7. The average molecular weight is 631 g/mol. The minimum absolute atomic E-state index is 0.0212. The predicted octanol–water partition coefficient (Wildman–Crippen LogP) is 4.35. The number of nitrogens with zero attached hydrogens (tertiary/aromatic N) is 4. The normalized spacial score (nSPS) is 14.1. The Morgan fingerprint density at radius 1 is 1.02 bits per heavy atom. The molecule has 0 fully saturated rings. The number of aromatic nitrogens is 3. The van der Waals surface area contributed by atoms with E-state index in [0.29, 0.717) is 39.7 Å². The summed E-state index contributed by atoms with van der Waals surface area (Å²) >= 11 is 6.18. The maximum Gasteiger partial charge on any atom is 0.251 e. The van der Waals surface area contributed by atoms with E-state index in [1.807, 2.05) is 67.0 Å². The molecule has 4 aromatic rings. The fourth-order valence-electron chi connectivity index (χ4n) is 5.26. The number of hydrogen-bond donors (Lipinski definition) is 3. The van der Waals surface area contributed by atoms with Gasteiger partial charge >= 0.3 is 0 Å². The van der Waals surface area contributed by atoms with Crippen molar-refractivity contribution in [2.75, 3.05) is 20.2 Å². The number of aryl methyl sites for hydroxylation is 1. The molecule has 0 bridgehead atoms.